The fourth-order valence-electron chi connectivity index (χ4n) is 2.25. The van der Waals surface area contributed by atoms with Crippen molar-refractivity contribution in [2.75, 3.05) is 24.1 Å². The molecule has 0 spiro atoms. The van der Waals surface area contributed by atoms with Gasteiger partial charge in [0.25, 0.3) is 5.92 Å². The standard InChI is InChI=1S/C14H20ClF2N5O2/c1-13(2,3)24-12(23)22-5-4-9(14(16,17)7-22)20-10-8(18)6-19-11(15)21-10/h6,9H,4-5,7,18H2,1-3H3,(H,19,20,21). The highest BCUT2D eigenvalue weighted by Crippen LogP contribution is 2.31. The Hall–Kier alpha value is -1.90. The molecule has 0 bridgehead atoms. The Balaban J connectivity index is 2.06. The first-order chi connectivity index (χ1) is 11.0. The summed E-state index contributed by atoms with van der Waals surface area (Å²) >= 11 is 5.66. The minimum Gasteiger partial charge on any atom is -0.444 e. The number of nitrogen functional groups attached to an aromatic ring is 1. The summed E-state index contributed by atoms with van der Waals surface area (Å²) in [4.78, 5) is 20.4. The minimum absolute atomic E-state index is 0.00725. The Morgan fingerprint density at radius 1 is 1.54 bits per heavy atom. The SMILES string of the molecule is CC(C)(C)OC(=O)N1CCC(Nc2nc(Cl)ncc2N)C(F)(F)C1. The summed E-state index contributed by atoms with van der Waals surface area (Å²) in [6.45, 7) is 4.41. The van der Waals surface area contributed by atoms with Crippen molar-refractivity contribution in [1.29, 1.82) is 0 Å². The molecule has 1 amide bonds. The topological polar surface area (TPSA) is 93.4 Å². The van der Waals surface area contributed by atoms with E-state index in [2.05, 4.69) is 15.3 Å². The lowest BCUT2D eigenvalue weighted by molar-refractivity contribution is -0.0770. The summed E-state index contributed by atoms with van der Waals surface area (Å²) in [5, 5.41) is 2.50. The van der Waals surface area contributed by atoms with Crippen LogP contribution in [0.15, 0.2) is 6.20 Å². The van der Waals surface area contributed by atoms with Gasteiger partial charge < -0.3 is 20.7 Å². The Morgan fingerprint density at radius 3 is 2.79 bits per heavy atom. The van der Waals surface area contributed by atoms with Crippen LogP contribution in [0, 0.1) is 0 Å². The van der Waals surface area contributed by atoms with E-state index >= 15 is 0 Å². The van der Waals surface area contributed by atoms with Crippen LogP contribution in [0.1, 0.15) is 27.2 Å². The molecular formula is C14H20ClF2N5O2. The first-order valence-electron chi connectivity index (χ1n) is 7.38. The van der Waals surface area contributed by atoms with Crippen molar-refractivity contribution >= 4 is 29.2 Å². The number of carbonyl (C=O) groups is 1. The second-order valence-corrected chi connectivity index (χ2v) is 6.93. The molecule has 1 fully saturated rings. The van der Waals surface area contributed by atoms with Crippen molar-refractivity contribution in [3.63, 3.8) is 0 Å². The molecule has 1 aromatic rings. The number of alkyl halides is 2. The van der Waals surface area contributed by atoms with Gasteiger partial charge in [-0.25, -0.2) is 18.6 Å². The quantitative estimate of drug-likeness (QED) is 0.785. The Labute approximate surface area is 143 Å². The van der Waals surface area contributed by atoms with Gasteiger partial charge in [0.1, 0.15) is 5.60 Å². The van der Waals surface area contributed by atoms with Crippen LogP contribution in [-0.4, -0.2) is 51.6 Å². The van der Waals surface area contributed by atoms with Gasteiger partial charge in [0.15, 0.2) is 5.82 Å². The van der Waals surface area contributed by atoms with E-state index in [9.17, 15) is 13.6 Å². The number of likely N-dealkylation sites (tertiary alicyclic amines) is 1. The molecule has 0 aromatic carbocycles. The fraction of sp³-hybridized carbons (Fsp3) is 0.643. The minimum atomic E-state index is -3.18. The van der Waals surface area contributed by atoms with E-state index in [0.717, 1.165) is 4.90 Å². The Morgan fingerprint density at radius 2 is 2.21 bits per heavy atom. The zero-order chi connectivity index (χ0) is 18.1. The predicted molar refractivity (Wildman–Crippen MR) is 86.2 cm³/mol. The lowest BCUT2D eigenvalue weighted by Gasteiger charge is -2.39. The third-order valence-corrected chi connectivity index (χ3v) is 3.53. The van der Waals surface area contributed by atoms with Gasteiger partial charge in [-0.3, -0.25) is 0 Å². The highest BCUT2D eigenvalue weighted by molar-refractivity contribution is 6.28. The molecule has 10 heteroatoms. The monoisotopic (exact) mass is 363 g/mol. The van der Waals surface area contributed by atoms with Crippen LogP contribution in [0.25, 0.3) is 0 Å². The maximum Gasteiger partial charge on any atom is 0.410 e. The molecule has 1 saturated heterocycles. The van der Waals surface area contributed by atoms with Crippen LogP contribution in [-0.2, 0) is 4.74 Å². The number of piperidine rings is 1. The number of halogens is 3. The van der Waals surface area contributed by atoms with E-state index in [1.165, 1.54) is 6.20 Å². The Bertz CT molecular complexity index is 624. The molecule has 7 nitrogen and oxygen atoms in total. The fourth-order valence-corrected chi connectivity index (χ4v) is 2.38. The number of rotatable bonds is 2. The van der Waals surface area contributed by atoms with E-state index < -0.39 is 30.2 Å². The van der Waals surface area contributed by atoms with Crippen molar-refractivity contribution in [2.24, 2.45) is 0 Å². The average Bonchev–Trinajstić information content (AvgIpc) is 2.42. The molecule has 0 aliphatic carbocycles. The second-order valence-electron chi connectivity index (χ2n) is 6.59. The number of ether oxygens (including phenoxy) is 1. The number of nitrogens with zero attached hydrogens (tertiary/aromatic N) is 3. The molecule has 1 unspecified atom stereocenters. The van der Waals surface area contributed by atoms with Crippen LogP contribution in [0.3, 0.4) is 0 Å². The van der Waals surface area contributed by atoms with E-state index in [1.807, 2.05) is 0 Å². The number of nitrogens with two attached hydrogens (primary N) is 1. The molecule has 3 N–H and O–H groups in total. The normalized spacial score (nSPS) is 20.6. The van der Waals surface area contributed by atoms with Gasteiger partial charge in [0, 0.05) is 6.54 Å². The third-order valence-electron chi connectivity index (χ3n) is 3.35. The number of anilines is 2. The third kappa shape index (κ3) is 4.56. The lowest BCUT2D eigenvalue weighted by Crippen LogP contribution is -2.56. The van der Waals surface area contributed by atoms with Gasteiger partial charge in [0.2, 0.25) is 5.28 Å². The van der Waals surface area contributed by atoms with E-state index in [4.69, 9.17) is 22.1 Å². The summed E-state index contributed by atoms with van der Waals surface area (Å²) < 4.78 is 33.9. The van der Waals surface area contributed by atoms with Crippen LogP contribution in [0.4, 0.5) is 25.1 Å². The molecule has 1 atom stereocenters. The first-order valence-corrected chi connectivity index (χ1v) is 7.76. The zero-order valence-corrected chi connectivity index (χ0v) is 14.4. The van der Waals surface area contributed by atoms with Crippen LogP contribution in [0.5, 0.6) is 0 Å². The van der Waals surface area contributed by atoms with Crippen molar-refractivity contribution in [3.05, 3.63) is 11.5 Å². The van der Waals surface area contributed by atoms with Gasteiger partial charge in [-0.05, 0) is 38.8 Å². The molecule has 0 radical (unpaired) electrons. The van der Waals surface area contributed by atoms with Crippen LogP contribution >= 0.6 is 11.6 Å². The number of hydrogen-bond donors (Lipinski definition) is 2. The predicted octanol–water partition coefficient (Wildman–Crippen LogP) is 2.77. The molecule has 1 aromatic heterocycles. The first kappa shape index (κ1) is 18.4. The number of hydrogen-bond acceptors (Lipinski definition) is 6. The van der Waals surface area contributed by atoms with Crippen LogP contribution in [0.2, 0.25) is 5.28 Å². The summed E-state index contributed by atoms with van der Waals surface area (Å²) in [6, 6.07) is -1.23. The highest BCUT2D eigenvalue weighted by atomic mass is 35.5. The van der Waals surface area contributed by atoms with Crippen molar-refractivity contribution in [3.8, 4) is 0 Å². The second kappa shape index (κ2) is 6.54. The smallest absolute Gasteiger partial charge is 0.410 e. The van der Waals surface area contributed by atoms with E-state index in [1.54, 1.807) is 20.8 Å². The maximum atomic E-state index is 14.4. The van der Waals surface area contributed by atoms with Crippen molar-refractivity contribution < 1.29 is 18.3 Å². The molecule has 2 rings (SSSR count). The zero-order valence-electron chi connectivity index (χ0n) is 13.6. The van der Waals surface area contributed by atoms with Gasteiger partial charge in [0.05, 0.1) is 24.5 Å². The number of nitrogens with one attached hydrogen (secondary N) is 1. The van der Waals surface area contributed by atoms with Crippen LogP contribution < -0.4 is 11.1 Å². The average molecular weight is 364 g/mol. The largest absolute Gasteiger partial charge is 0.444 e. The molecule has 1 aliphatic rings. The van der Waals surface area contributed by atoms with E-state index in [0.29, 0.717) is 0 Å². The maximum absolute atomic E-state index is 14.4. The van der Waals surface area contributed by atoms with Gasteiger partial charge in [-0.15, -0.1) is 0 Å². The van der Waals surface area contributed by atoms with Gasteiger partial charge in [-0.2, -0.15) is 4.98 Å². The molecule has 0 saturated carbocycles. The van der Waals surface area contributed by atoms with Crippen molar-refractivity contribution in [1.82, 2.24) is 14.9 Å². The molecular weight excluding hydrogens is 344 g/mol. The van der Waals surface area contributed by atoms with Crippen molar-refractivity contribution in [2.45, 2.75) is 44.8 Å². The molecule has 24 heavy (non-hydrogen) atoms. The molecule has 2 heterocycles. The lowest BCUT2D eigenvalue weighted by atomic mass is 10.0. The molecule has 1 aliphatic heterocycles. The number of carbonyl (C=O) groups excluding carboxylic acids is 1. The summed E-state index contributed by atoms with van der Waals surface area (Å²) in [5.41, 5.74) is 5.04. The van der Waals surface area contributed by atoms with E-state index in [-0.39, 0.29) is 29.8 Å². The summed E-state index contributed by atoms with van der Waals surface area (Å²) in [5.74, 6) is -3.13. The number of aromatic nitrogens is 2. The summed E-state index contributed by atoms with van der Waals surface area (Å²) in [7, 11) is 0. The number of amides is 1. The van der Waals surface area contributed by atoms with Gasteiger partial charge >= 0.3 is 6.09 Å². The Kier molecular flexibility index (Phi) is 5.03. The highest BCUT2D eigenvalue weighted by Gasteiger charge is 2.47. The summed E-state index contributed by atoms with van der Waals surface area (Å²) in [6.07, 6.45) is 0.490. The van der Waals surface area contributed by atoms with Gasteiger partial charge in [-0.1, -0.05) is 0 Å². The molecule has 134 valence electrons.